The van der Waals surface area contributed by atoms with E-state index in [0.29, 0.717) is 24.7 Å². The third kappa shape index (κ3) is 4.66. The van der Waals surface area contributed by atoms with Gasteiger partial charge in [0.2, 0.25) is 11.8 Å². The number of hydrogen-bond acceptors (Lipinski definition) is 6. The Morgan fingerprint density at radius 3 is 2.94 bits per heavy atom. The van der Waals surface area contributed by atoms with Crippen LogP contribution in [0.1, 0.15) is 25.1 Å². The van der Waals surface area contributed by atoms with Crippen molar-refractivity contribution < 1.29 is 9.32 Å². The fourth-order valence-corrected chi connectivity index (χ4v) is 1.81. The van der Waals surface area contributed by atoms with Gasteiger partial charge in [0.15, 0.2) is 5.82 Å². The summed E-state index contributed by atoms with van der Waals surface area (Å²) >= 11 is 1.65. The van der Waals surface area contributed by atoms with Crippen molar-refractivity contribution in [3.05, 3.63) is 11.7 Å². The Balaban J connectivity index is 2.47. The number of hydrogen-bond donors (Lipinski definition) is 1. The molecule has 0 aliphatic rings. The minimum atomic E-state index is 0.0305. The number of carbonyl (C=O) groups is 1. The predicted molar refractivity (Wildman–Crippen MR) is 71.1 cm³/mol. The van der Waals surface area contributed by atoms with E-state index in [9.17, 15) is 4.79 Å². The molecule has 18 heavy (non-hydrogen) atoms. The lowest BCUT2D eigenvalue weighted by Gasteiger charge is -2.22. The maximum atomic E-state index is 11.3. The van der Waals surface area contributed by atoms with Gasteiger partial charge >= 0.3 is 0 Å². The summed E-state index contributed by atoms with van der Waals surface area (Å²) < 4.78 is 5.15. The van der Waals surface area contributed by atoms with Crippen LogP contribution >= 0.6 is 11.8 Å². The summed E-state index contributed by atoms with van der Waals surface area (Å²) in [6, 6.07) is 0.126. The van der Waals surface area contributed by atoms with E-state index in [0.717, 1.165) is 5.75 Å². The van der Waals surface area contributed by atoms with E-state index >= 15 is 0 Å². The number of amides is 1. The minimum Gasteiger partial charge on any atom is -0.359 e. The number of thioether (sulfide) groups is 1. The fourth-order valence-electron chi connectivity index (χ4n) is 1.44. The van der Waals surface area contributed by atoms with Crippen molar-refractivity contribution in [3.63, 3.8) is 0 Å². The normalized spacial score (nSPS) is 12.7. The summed E-state index contributed by atoms with van der Waals surface area (Å²) in [6.07, 6.45) is 2.45. The van der Waals surface area contributed by atoms with Gasteiger partial charge in [-0.2, -0.15) is 16.7 Å². The molecule has 6 nitrogen and oxygen atoms in total. The van der Waals surface area contributed by atoms with Crippen molar-refractivity contribution in [1.29, 1.82) is 0 Å². The average Bonchev–Trinajstić information content (AvgIpc) is 2.76. The summed E-state index contributed by atoms with van der Waals surface area (Å²) in [5.41, 5.74) is 0. The lowest BCUT2D eigenvalue weighted by molar-refractivity contribution is -0.121. The van der Waals surface area contributed by atoms with Crippen LogP contribution in [0.4, 0.5) is 0 Å². The average molecular weight is 272 g/mol. The van der Waals surface area contributed by atoms with E-state index in [1.807, 2.05) is 25.1 Å². The van der Waals surface area contributed by atoms with Crippen molar-refractivity contribution >= 4 is 17.7 Å². The Morgan fingerprint density at radius 1 is 1.61 bits per heavy atom. The first kappa shape index (κ1) is 15.0. The van der Waals surface area contributed by atoms with E-state index in [1.165, 1.54) is 0 Å². The molecule has 0 aromatic carbocycles. The Kier molecular flexibility index (Phi) is 6.14. The molecule has 0 saturated heterocycles. The van der Waals surface area contributed by atoms with E-state index in [2.05, 4.69) is 15.5 Å². The molecule has 0 bridgehead atoms. The van der Waals surface area contributed by atoms with Crippen LogP contribution in [0.3, 0.4) is 0 Å². The lowest BCUT2D eigenvalue weighted by Crippen LogP contribution is -2.33. The lowest BCUT2D eigenvalue weighted by atomic mass is 10.2. The second kappa shape index (κ2) is 7.38. The summed E-state index contributed by atoms with van der Waals surface area (Å²) in [4.78, 5) is 17.6. The van der Waals surface area contributed by atoms with Crippen molar-refractivity contribution in [2.45, 2.75) is 31.7 Å². The topological polar surface area (TPSA) is 71.3 Å². The molecule has 1 aromatic heterocycles. The number of rotatable bonds is 7. The monoisotopic (exact) mass is 272 g/mol. The summed E-state index contributed by atoms with van der Waals surface area (Å²) in [7, 11) is 3.58. The molecule has 1 atom stereocenters. The van der Waals surface area contributed by atoms with E-state index in [1.54, 1.807) is 18.8 Å². The Morgan fingerprint density at radius 2 is 2.33 bits per heavy atom. The number of aromatic nitrogens is 2. The maximum Gasteiger partial charge on any atom is 0.240 e. The molecular formula is C11H20N4O2S. The zero-order valence-electron chi connectivity index (χ0n) is 11.3. The molecule has 1 amide bonds. The quantitative estimate of drug-likeness (QED) is 0.795. The maximum absolute atomic E-state index is 11.3. The highest BCUT2D eigenvalue weighted by atomic mass is 32.2. The molecule has 0 saturated carbocycles. The molecule has 0 unspecified atom stereocenters. The van der Waals surface area contributed by atoms with Crippen LogP contribution in [0.15, 0.2) is 4.52 Å². The van der Waals surface area contributed by atoms with Gasteiger partial charge in [0.25, 0.3) is 0 Å². The van der Waals surface area contributed by atoms with Gasteiger partial charge in [0, 0.05) is 19.5 Å². The van der Waals surface area contributed by atoms with Crippen molar-refractivity contribution in [2.75, 3.05) is 20.4 Å². The van der Waals surface area contributed by atoms with Crippen LogP contribution in [0.5, 0.6) is 0 Å². The van der Waals surface area contributed by atoms with Crippen molar-refractivity contribution in [2.24, 2.45) is 0 Å². The fraction of sp³-hybridized carbons (Fsp3) is 0.727. The molecule has 7 heteroatoms. The summed E-state index contributed by atoms with van der Waals surface area (Å²) in [5.74, 6) is 2.08. The second-order valence-corrected chi connectivity index (χ2v) is 5.04. The highest BCUT2D eigenvalue weighted by Crippen LogP contribution is 2.09. The van der Waals surface area contributed by atoms with E-state index in [4.69, 9.17) is 4.52 Å². The predicted octanol–water partition coefficient (Wildman–Crippen LogP) is 0.889. The van der Waals surface area contributed by atoms with Crippen LogP contribution in [0, 0.1) is 0 Å². The van der Waals surface area contributed by atoms with Crippen LogP contribution < -0.4 is 5.32 Å². The van der Waals surface area contributed by atoms with Gasteiger partial charge in [-0.15, -0.1) is 0 Å². The molecule has 0 spiro atoms. The van der Waals surface area contributed by atoms with Crippen molar-refractivity contribution in [1.82, 2.24) is 20.4 Å². The molecule has 0 fully saturated rings. The van der Waals surface area contributed by atoms with Gasteiger partial charge in [0.05, 0.1) is 12.3 Å². The van der Waals surface area contributed by atoms with Gasteiger partial charge in [-0.1, -0.05) is 5.16 Å². The molecular weight excluding hydrogens is 252 g/mol. The van der Waals surface area contributed by atoms with Crippen LogP contribution in [0.25, 0.3) is 0 Å². The Hall–Kier alpha value is -1.08. The summed E-state index contributed by atoms with van der Waals surface area (Å²) in [6.45, 7) is 2.55. The molecule has 1 rings (SSSR count). The largest absolute Gasteiger partial charge is 0.359 e. The minimum absolute atomic E-state index is 0.0305. The van der Waals surface area contributed by atoms with Crippen LogP contribution in [0.2, 0.25) is 0 Å². The Bertz CT molecular complexity index is 383. The van der Waals surface area contributed by atoms with Gasteiger partial charge in [-0.05, 0) is 20.2 Å². The zero-order chi connectivity index (χ0) is 13.5. The molecule has 0 aliphatic carbocycles. The molecule has 1 N–H and O–H groups in total. The van der Waals surface area contributed by atoms with E-state index in [-0.39, 0.29) is 11.9 Å². The van der Waals surface area contributed by atoms with Gasteiger partial charge in [-0.25, -0.2) is 0 Å². The zero-order valence-corrected chi connectivity index (χ0v) is 12.1. The van der Waals surface area contributed by atoms with Crippen molar-refractivity contribution in [3.8, 4) is 0 Å². The third-order valence-corrected chi connectivity index (χ3v) is 3.23. The standard InChI is InChI=1S/C11H20N4O2S/c1-8(5-10(16)12-2)15(3)6-11-13-9(7-18-4)14-17-11/h8H,5-7H2,1-4H3,(H,12,16)/t8-/m1/s1. The first-order chi connectivity index (χ1) is 8.56. The highest BCUT2D eigenvalue weighted by Gasteiger charge is 2.16. The van der Waals surface area contributed by atoms with Gasteiger partial charge in [0.1, 0.15) is 0 Å². The first-order valence-corrected chi connectivity index (χ1v) is 7.17. The van der Waals surface area contributed by atoms with Crippen LogP contribution in [-0.2, 0) is 17.1 Å². The smallest absolute Gasteiger partial charge is 0.240 e. The number of nitrogens with zero attached hydrogens (tertiary/aromatic N) is 3. The van der Waals surface area contributed by atoms with Gasteiger partial charge < -0.3 is 9.84 Å². The molecule has 0 aliphatic heterocycles. The highest BCUT2D eigenvalue weighted by molar-refractivity contribution is 7.97. The number of carbonyl (C=O) groups excluding carboxylic acids is 1. The van der Waals surface area contributed by atoms with E-state index < -0.39 is 0 Å². The third-order valence-electron chi connectivity index (χ3n) is 2.68. The molecule has 0 radical (unpaired) electrons. The Labute approximate surface area is 111 Å². The second-order valence-electron chi connectivity index (χ2n) is 4.18. The summed E-state index contributed by atoms with van der Waals surface area (Å²) in [5, 5.41) is 6.50. The molecule has 1 aromatic rings. The molecule has 1 heterocycles. The van der Waals surface area contributed by atoms with Crippen LogP contribution in [-0.4, -0.2) is 47.3 Å². The molecule has 102 valence electrons. The number of nitrogens with one attached hydrogen (secondary N) is 1. The first-order valence-electron chi connectivity index (χ1n) is 5.78. The SMILES string of the molecule is CNC(=O)C[C@@H](C)N(C)Cc1nc(CSC)no1. The van der Waals surface area contributed by atoms with Gasteiger partial charge in [-0.3, -0.25) is 9.69 Å².